The number of carbonyl (C=O) groups is 2. The van der Waals surface area contributed by atoms with E-state index in [-0.39, 0.29) is 17.1 Å². The molecule has 2 aromatic rings. The van der Waals surface area contributed by atoms with E-state index in [4.69, 9.17) is 14.6 Å². The van der Waals surface area contributed by atoms with Crippen molar-refractivity contribution in [1.29, 1.82) is 0 Å². The first kappa shape index (κ1) is 17.5. The molecule has 2 rings (SSSR count). The molecule has 1 heterocycles. The van der Waals surface area contributed by atoms with Crippen LogP contribution in [0, 0.1) is 0 Å². The molecule has 0 aliphatic carbocycles. The standard InChI is InChI=1S/C14H11F3N2O5/c15-14(16,17)8-3-1-7(2-4-8)12-19-10(6-24-12)11(21)18-9(5-20)13(22)23/h1-4,6,9,20H,5H2,(H,18,21)(H,22,23). The highest BCUT2D eigenvalue weighted by Crippen LogP contribution is 2.30. The number of amides is 1. The Labute approximate surface area is 132 Å². The topological polar surface area (TPSA) is 113 Å². The van der Waals surface area contributed by atoms with Gasteiger partial charge >= 0.3 is 12.1 Å². The number of aromatic nitrogens is 1. The van der Waals surface area contributed by atoms with Crippen LogP contribution in [-0.2, 0) is 11.0 Å². The summed E-state index contributed by atoms with van der Waals surface area (Å²) in [5.74, 6) is -2.44. The van der Waals surface area contributed by atoms with Gasteiger partial charge in [-0.05, 0) is 24.3 Å². The molecule has 0 saturated heterocycles. The number of aliphatic hydroxyl groups is 1. The van der Waals surface area contributed by atoms with E-state index in [9.17, 15) is 22.8 Å². The van der Waals surface area contributed by atoms with Crippen molar-refractivity contribution in [2.24, 2.45) is 0 Å². The average molecular weight is 344 g/mol. The molecule has 1 aromatic heterocycles. The van der Waals surface area contributed by atoms with Crippen LogP contribution in [0.2, 0.25) is 0 Å². The maximum Gasteiger partial charge on any atom is 0.416 e. The molecule has 0 radical (unpaired) electrons. The summed E-state index contributed by atoms with van der Waals surface area (Å²) in [6, 6.07) is 2.43. The summed E-state index contributed by atoms with van der Waals surface area (Å²) in [6.07, 6.45) is -3.55. The number of aliphatic hydroxyl groups excluding tert-OH is 1. The minimum absolute atomic E-state index is 0.107. The fourth-order valence-corrected chi connectivity index (χ4v) is 1.73. The number of hydrogen-bond donors (Lipinski definition) is 3. The van der Waals surface area contributed by atoms with Gasteiger partial charge in [0.15, 0.2) is 11.7 Å². The normalized spacial score (nSPS) is 12.7. The Hall–Kier alpha value is -2.88. The number of carbonyl (C=O) groups excluding carboxylic acids is 1. The van der Waals surface area contributed by atoms with Crippen LogP contribution in [0.1, 0.15) is 16.1 Å². The van der Waals surface area contributed by atoms with Gasteiger partial charge in [0.05, 0.1) is 12.2 Å². The molecule has 1 amide bonds. The molecule has 0 spiro atoms. The quantitative estimate of drug-likeness (QED) is 0.758. The molecular weight excluding hydrogens is 333 g/mol. The maximum absolute atomic E-state index is 12.5. The highest BCUT2D eigenvalue weighted by Gasteiger charge is 2.30. The molecule has 1 atom stereocenters. The van der Waals surface area contributed by atoms with Crippen molar-refractivity contribution in [2.75, 3.05) is 6.61 Å². The largest absolute Gasteiger partial charge is 0.480 e. The van der Waals surface area contributed by atoms with Crippen LogP contribution < -0.4 is 5.32 Å². The lowest BCUT2D eigenvalue weighted by atomic mass is 10.1. The second-order valence-electron chi connectivity index (χ2n) is 4.66. The van der Waals surface area contributed by atoms with Crippen LogP contribution in [0.3, 0.4) is 0 Å². The Balaban J connectivity index is 2.15. The number of benzene rings is 1. The van der Waals surface area contributed by atoms with Crippen LogP contribution >= 0.6 is 0 Å². The van der Waals surface area contributed by atoms with Crippen molar-refractivity contribution in [3.05, 3.63) is 41.8 Å². The number of rotatable bonds is 5. The van der Waals surface area contributed by atoms with Crippen LogP contribution in [0.25, 0.3) is 11.5 Å². The van der Waals surface area contributed by atoms with Crippen LogP contribution in [0.4, 0.5) is 13.2 Å². The smallest absolute Gasteiger partial charge is 0.416 e. The lowest BCUT2D eigenvalue weighted by Crippen LogP contribution is -2.43. The molecule has 0 bridgehead atoms. The molecule has 0 aliphatic heterocycles. The summed E-state index contributed by atoms with van der Waals surface area (Å²) in [5, 5.41) is 19.6. The third kappa shape index (κ3) is 3.90. The lowest BCUT2D eigenvalue weighted by Gasteiger charge is -2.09. The number of aliphatic carboxylic acids is 1. The van der Waals surface area contributed by atoms with E-state index in [0.29, 0.717) is 0 Å². The molecule has 1 unspecified atom stereocenters. The van der Waals surface area contributed by atoms with Gasteiger partial charge in [0.25, 0.3) is 5.91 Å². The monoisotopic (exact) mass is 344 g/mol. The van der Waals surface area contributed by atoms with Crippen molar-refractivity contribution in [3.63, 3.8) is 0 Å². The fourth-order valence-electron chi connectivity index (χ4n) is 1.73. The second-order valence-corrected chi connectivity index (χ2v) is 4.66. The molecule has 1 aromatic carbocycles. The fraction of sp³-hybridized carbons (Fsp3) is 0.214. The number of carboxylic acids is 1. The van der Waals surface area contributed by atoms with E-state index < -0.39 is 36.3 Å². The first-order valence-electron chi connectivity index (χ1n) is 6.50. The number of oxazole rings is 1. The predicted octanol–water partition coefficient (Wildman–Crippen LogP) is 1.54. The van der Waals surface area contributed by atoms with E-state index in [0.717, 1.165) is 30.5 Å². The average Bonchev–Trinajstić information content (AvgIpc) is 3.01. The van der Waals surface area contributed by atoms with Crippen molar-refractivity contribution in [2.45, 2.75) is 12.2 Å². The Morgan fingerprint density at radius 2 is 1.88 bits per heavy atom. The number of nitrogens with one attached hydrogen (secondary N) is 1. The third-order valence-corrected chi connectivity index (χ3v) is 2.98. The van der Waals surface area contributed by atoms with Gasteiger partial charge in [-0.1, -0.05) is 0 Å². The summed E-state index contributed by atoms with van der Waals surface area (Å²) in [4.78, 5) is 26.3. The molecule has 128 valence electrons. The summed E-state index contributed by atoms with van der Waals surface area (Å²) in [6.45, 7) is -0.815. The lowest BCUT2D eigenvalue weighted by molar-refractivity contribution is -0.140. The Bertz CT molecular complexity index is 740. The zero-order chi connectivity index (χ0) is 17.9. The number of alkyl halides is 3. The van der Waals surface area contributed by atoms with Gasteiger partial charge in [-0.25, -0.2) is 9.78 Å². The van der Waals surface area contributed by atoms with Crippen LogP contribution in [0.15, 0.2) is 34.9 Å². The Morgan fingerprint density at radius 1 is 1.25 bits per heavy atom. The number of nitrogens with zero attached hydrogens (tertiary/aromatic N) is 1. The Morgan fingerprint density at radius 3 is 2.38 bits per heavy atom. The molecule has 0 aliphatic rings. The van der Waals surface area contributed by atoms with Crippen molar-refractivity contribution < 1.29 is 37.4 Å². The molecule has 0 fully saturated rings. The molecule has 3 N–H and O–H groups in total. The number of halogens is 3. The molecule has 24 heavy (non-hydrogen) atoms. The van der Waals surface area contributed by atoms with Crippen molar-refractivity contribution >= 4 is 11.9 Å². The minimum atomic E-state index is -4.48. The second kappa shape index (κ2) is 6.71. The molecule has 10 heteroatoms. The highest BCUT2D eigenvalue weighted by atomic mass is 19.4. The molecular formula is C14H11F3N2O5. The maximum atomic E-state index is 12.5. The van der Waals surface area contributed by atoms with E-state index >= 15 is 0 Å². The first-order valence-corrected chi connectivity index (χ1v) is 6.50. The summed E-state index contributed by atoms with van der Waals surface area (Å²) < 4.78 is 42.5. The van der Waals surface area contributed by atoms with E-state index in [2.05, 4.69) is 4.98 Å². The Kier molecular flexibility index (Phi) is 4.88. The molecule has 0 saturated carbocycles. The molecule has 7 nitrogen and oxygen atoms in total. The van der Waals surface area contributed by atoms with E-state index in [1.165, 1.54) is 0 Å². The van der Waals surface area contributed by atoms with Gasteiger partial charge in [0, 0.05) is 5.56 Å². The minimum Gasteiger partial charge on any atom is -0.480 e. The van der Waals surface area contributed by atoms with Gasteiger partial charge in [-0.15, -0.1) is 0 Å². The SMILES string of the molecule is O=C(NC(CO)C(=O)O)c1coc(-c2ccc(C(F)(F)F)cc2)n1. The van der Waals surface area contributed by atoms with Crippen molar-refractivity contribution in [1.82, 2.24) is 10.3 Å². The van der Waals surface area contributed by atoms with E-state index in [1.54, 1.807) is 0 Å². The van der Waals surface area contributed by atoms with Crippen LogP contribution in [-0.4, -0.2) is 39.7 Å². The van der Waals surface area contributed by atoms with Gasteiger partial charge in [-0.3, -0.25) is 4.79 Å². The zero-order valence-electron chi connectivity index (χ0n) is 11.9. The first-order chi connectivity index (χ1) is 11.2. The number of hydrogen-bond acceptors (Lipinski definition) is 5. The van der Waals surface area contributed by atoms with Gasteiger partial charge in [0.1, 0.15) is 6.26 Å². The predicted molar refractivity (Wildman–Crippen MR) is 72.9 cm³/mol. The van der Waals surface area contributed by atoms with Gasteiger partial charge < -0.3 is 19.9 Å². The van der Waals surface area contributed by atoms with Gasteiger partial charge in [-0.2, -0.15) is 13.2 Å². The van der Waals surface area contributed by atoms with E-state index in [1.807, 2.05) is 5.32 Å². The van der Waals surface area contributed by atoms with Crippen molar-refractivity contribution in [3.8, 4) is 11.5 Å². The van der Waals surface area contributed by atoms with Crippen LogP contribution in [0.5, 0.6) is 0 Å². The summed E-state index contributed by atoms with van der Waals surface area (Å²) in [7, 11) is 0. The third-order valence-electron chi connectivity index (χ3n) is 2.98. The number of carboxylic acid groups (broad SMARTS) is 1. The summed E-state index contributed by atoms with van der Waals surface area (Å²) in [5.41, 5.74) is -0.911. The highest BCUT2D eigenvalue weighted by molar-refractivity contribution is 5.95. The summed E-state index contributed by atoms with van der Waals surface area (Å²) >= 11 is 0. The zero-order valence-corrected chi connectivity index (χ0v) is 11.9. The van der Waals surface area contributed by atoms with Gasteiger partial charge in [0.2, 0.25) is 5.89 Å².